The Kier molecular flexibility index (Phi) is 7.08. The Morgan fingerprint density at radius 2 is 1.96 bits per heavy atom. The molecular weight excluding hydrogens is 354 g/mol. The average molecular weight is 381 g/mol. The smallest absolute Gasteiger partial charge is 0.231 e. The largest absolute Gasteiger partial charge is 0.369 e. The molecule has 0 radical (unpaired) electrons. The number of nitrogens with two attached hydrogens (primary N) is 1. The molecule has 1 fully saturated rings. The fraction of sp³-hybridized carbons (Fsp3) is 0.429. The molecule has 7 nitrogen and oxygen atoms in total. The van der Waals surface area contributed by atoms with Crippen molar-refractivity contribution in [2.24, 2.45) is 11.7 Å². The third-order valence-corrected chi connectivity index (χ3v) is 4.98. The highest BCUT2D eigenvalue weighted by Gasteiger charge is 2.23. The van der Waals surface area contributed by atoms with Crippen LogP contribution in [0.4, 0.5) is 0 Å². The van der Waals surface area contributed by atoms with Gasteiger partial charge < -0.3 is 11.1 Å². The zero-order valence-electron chi connectivity index (χ0n) is 16.0. The van der Waals surface area contributed by atoms with E-state index >= 15 is 0 Å². The monoisotopic (exact) mass is 381 g/mol. The van der Waals surface area contributed by atoms with Crippen molar-refractivity contribution in [2.75, 3.05) is 26.2 Å². The zero-order chi connectivity index (χ0) is 19.8. The number of aromatic nitrogens is 2. The molecule has 2 aromatic rings. The summed E-state index contributed by atoms with van der Waals surface area (Å²) < 4.78 is 0. The van der Waals surface area contributed by atoms with Gasteiger partial charge in [-0.2, -0.15) is 0 Å². The molecule has 1 aromatic carbocycles. The number of primary amides is 1. The van der Waals surface area contributed by atoms with E-state index in [2.05, 4.69) is 32.3 Å². The second-order valence-corrected chi connectivity index (χ2v) is 7.35. The van der Waals surface area contributed by atoms with Crippen molar-refractivity contribution in [3.8, 4) is 0 Å². The van der Waals surface area contributed by atoms with Crippen molar-refractivity contribution < 1.29 is 9.59 Å². The Morgan fingerprint density at radius 1 is 1.18 bits per heavy atom. The van der Waals surface area contributed by atoms with Gasteiger partial charge in [-0.25, -0.2) is 0 Å². The highest BCUT2D eigenvalue weighted by molar-refractivity contribution is 5.78. The van der Waals surface area contributed by atoms with E-state index in [0.717, 1.165) is 37.2 Å². The van der Waals surface area contributed by atoms with E-state index < -0.39 is 0 Å². The van der Waals surface area contributed by atoms with Crippen LogP contribution in [0.25, 0.3) is 0 Å². The summed E-state index contributed by atoms with van der Waals surface area (Å²) in [6.45, 7) is 2.75. The lowest BCUT2D eigenvalue weighted by Gasteiger charge is -2.14. The van der Waals surface area contributed by atoms with Gasteiger partial charge >= 0.3 is 0 Å². The summed E-state index contributed by atoms with van der Waals surface area (Å²) in [5.74, 6) is 0.295. The van der Waals surface area contributed by atoms with Crippen molar-refractivity contribution in [3.63, 3.8) is 0 Å². The van der Waals surface area contributed by atoms with E-state index in [4.69, 9.17) is 5.73 Å². The SMILES string of the molecule is NC(=O)CN1CCC(Cc2ccc(CC(=O)NCCc3cnccn3)cc2)C1. The number of benzene rings is 1. The van der Waals surface area contributed by atoms with Crippen molar-refractivity contribution >= 4 is 11.8 Å². The lowest BCUT2D eigenvalue weighted by molar-refractivity contribution is -0.120. The lowest BCUT2D eigenvalue weighted by Crippen LogP contribution is -2.32. The van der Waals surface area contributed by atoms with Gasteiger partial charge in [0.05, 0.1) is 18.7 Å². The van der Waals surface area contributed by atoms with Crippen LogP contribution >= 0.6 is 0 Å². The van der Waals surface area contributed by atoms with Gasteiger partial charge in [0.2, 0.25) is 11.8 Å². The third-order valence-electron chi connectivity index (χ3n) is 4.98. The van der Waals surface area contributed by atoms with Crippen LogP contribution in [-0.2, 0) is 28.9 Å². The van der Waals surface area contributed by atoms with Gasteiger partial charge in [-0.1, -0.05) is 24.3 Å². The maximum atomic E-state index is 12.1. The number of amides is 2. The predicted octanol–water partition coefficient (Wildman–Crippen LogP) is 0.728. The summed E-state index contributed by atoms with van der Waals surface area (Å²) in [5, 5.41) is 2.92. The molecule has 0 saturated carbocycles. The van der Waals surface area contributed by atoms with Gasteiger partial charge in [-0.3, -0.25) is 24.5 Å². The Balaban J connectivity index is 1.39. The summed E-state index contributed by atoms with van der Waals surface area (Å²) >= 11 is 0. The first kappa shape index (κ1) is 19.9. The predicted molar refractivity (Wildman–Crippen MR) is 106 cm³/mol. The summed E-state index contributed by atoms with van der Waals surface area (Å²) in [5.41, 5.74) is 8.40. The molecule has 1 aliphatic heterocycles. The fourth-order valence-corrected chi connectivity index (χ4v) is 3.61. The summed E-state index contributed by atoms with van der Waals surface area (Å²) in [7, 11) is 0. The molecule has 148 valence electrons. The van der Waals surface area contributed by atoms with Gasteiger partial charge in [-0.15, -0.1) is 0 Å². The molecule has 1 aliphatic rings. The Labute approximate surface area is 165 Å². The van der Waals surface area contributed by atoms with Gasteiger partial charge in [-0.05, 0) is 36.4 Å². The van der Waals surface area contributed by atoms with Crippen LogP contribution in [0.3, 0.4) is 0 Å². The lowest BCUT2D eigenvalue weighted by atomic mass is 9.97. The minimum Gasteiger partial charge on any atom is -0.369 e. The summed E-state index contributed by atoms with van der Waals surface area (Å²) in [6, 6.07) is 8.24. The molecule has 1 aromatic heterocycles. The Hall–Kier alpha value is -2.80. The number of carbonyl (C=O) groups excluding carboxylic acids is 2. The number of nitrogens with one attached hydrogen (secondary N) is 1. The van der Waals surface area contributed by atoms with Crippen LogP contribution in [0, 0.1) is 5.92 Å². The average Bonchev–Trinajstić information content (AvgIpc) is 3.10. The Bertz CT molecular complexity index is 779. The summed E-state index contributed by atoms with van der Waals surface area (Å²) in [6.07, 6.45) is 8.11. The number of hydrogen-bond acceptors (Lipinski definition) is 5. The van der Waals surface area contributed by atoms with E-state index in [-0.39, 0.29) is 11.8 Å². The molecule has 7 heteroatoms. The highest BCUT2D eigenvalue weighted by Crippen LogP contribution is 2.20. The van der Waals surface area contributed by atoms with Crippen LogP contribution in [0.1, 0.15) is 23.2 Å². The van der Waals surface area contributed by atoms with Crippen LogP contribution in [0.15, 0.2) is 42.9 Å². The second kappa shape index (κ2) is 9.94. The molecule has 3 N–H and O–H groups in total. The molecule has 2 heterocycles. The topological polar surface area (TPSA) is 101 Å². The van der Waals surface area contributed by atoms with Crippen LogP contribution in [-0.4, -0.2) is 52.9 Å². The van der Waals surface area contributed by atoms with Gasteiger partial charge in [0.1, 0.15) is 0 Å². The van der Waals surface area contributed by atoms with Crippen molar-refractivity contribution in [3.05, 3.63) is 59.7 Å². The number of likely N-dealkylation sites (tertiary alicyclic amines) is 1. The number of nitrogens with zero attached hydrogens (tertiary/aromatic N) is 3. The molecule has 3 rings (SSSR count). The number of rotatable bonds is 9. The third kappa shape index (κ3) is 6.42. The maximum absolute atomic E-state index is 12.1. The zero-order valence-corrected chi connectivity index (χ0v) is 16.0. The van der Waals surface area contributed by atoms with E-state index in [1.165, 1.54) is 5.56 Å². The van der Waals surface area contributed by atoms with Crippen LogP contribution in [0.5, 0.6) is 0 Å². The first-order valence-corrected chi connectivity index (χ1v) is 9.68. The van der Waals surface area contributed by atoms with E-state index in [0.29, 0.717) is 31.8 Å². The molecule has 1 unspecified atom stereocenters. The van der Waals surface area contributed by atoms with Crippen LogP contribution in [0.2, 0.25) is 0 Å². The highest BCUT2D eigenvalue weighted by atomic mass is 16.2. The van der Waals surface area contributed by atoms with Crippen LogP contribution < -0.4 is 11.1 Å². The minimum absolute atomic E-state index is 0.00882. The maximum Gasteiger partial charge on any atom is 0.231 e. The van der Waals surface area contributed by atoms with Gasteiger partial charge in [0.25, 0.3) is 0 Å². The first-order valence-electron chi connectivity index (χ1n) is 9.68. The quantitative estimate of drug-likeness (QED) is 0.667. The molecule has 0 aliphatic carbocycles. The standard InChI is InChI=1S/C21H27N5O2/c22-20(27)15-26-10-6-18(14-26)11-16-1-3-17(4-2-16)12-21(28)25-7-5-19-13-23-8-9-24-19/h1-4,8-9,13,18H,5-7,10-12,14-15H2,(H2,22,27)(H,25,28). The molecule has 0 spiro atoms. The van der Waals surface area contributed by atoms with Gasteiger partial charge in [0.15, 0.2) is 0 Å². The van der Waals surface area contributed by atoms with E-state index in [1.807, 2.05) is 12.1 Å². The van der Waals surface area contributed by atoms with Crippen molar-refractivity contribution in [2.45, 2.75) is 25.7 Å². The van der Waals surface area contributed by atoms with Crippen molar-refractivity contribution in [1.29, 1.82) is 0 Å². The Morgan fingerprint density at radius 3 is 2.68 bits per heavy atom. The molecule has 1 atom stereocenters. The number of hydrogen-bond donors (Lipinski definition) is 2. The molecular formula is C21H27N5O2. The molecule has 0 bridgehead atoms. The fourth-order valence-electron chi connectivity index (χ4n) is 3.61. The van der Waals surface area contributed by atoms with E-state index in [1.54, 1.807) is 18.6 Å². The second-order valence-electron chi connectivity index (χ2n) is 7.35. The van der Waals surface area contributed by atoms with Crippen molar-refractivity contribution in [1.82, 2.24) is 20.2 Å². The van der Waals surface area contributed by atoms with E-state index in [9.17, 15) is 9.59 Å². The molecule has 1 saturated heterocycles. The van der Waals surface area contributed by atoms with Gasteiger partial charge in [0, 0.05) is 38.1 Å². The minimum atomic E-state index is -0.264. The molecule has 2 amide bonds. The summed E-state index contributed by atoms with van der Waals surface area (Å²) in [4.78, 5) is 33.4. The number of carbonyl (C=O) groups is 2. The normalized spacial score (nSPS) is 16.8. The first-order chi connectivity index (χ1) is 13.6. The molecule has 28 heavy (non-hydrogen) atoms.